The maximum Gasteiger partial charge on any atom is 0.118 e. The summed E-state index contributed by atoms with van der Waals surface area (Å²) in [5.74, 6) is 0.879. The van der Waals surface area contributed by atoms with Crippen molar-refractivity contribution < 1.29 is 9.47 Å². The molecule has 0 saturated heterocycles. The minimum atomic E-state index is -0.0347. The van der Waals surface area contributed by atoms with Crippen molar-refractivity contribution in [1.29, 1.82) is 0 Å². The molecule has 0 aromatic heterocycles. The first kappa shape index (κ1) is 14.9. The summed E-state index contributed by atoms with van der Waals surface area (Å²) in [6, 6.07) is 16.7. The van der Waals surface area contributed by atoms with E-state index < -0.39 is 0 Å². The number of methoxy groups -OCH3 is 1. The van der Waals surface area contributed by atoms with E-state index in [4.69, 9.17) is 9.47 Å². The summed E-state index contributed by atoms with van der Waals surface area (Å²) < 4.78 is 11.1. The van der Waals surface area contributed by atoms with Crippen molar-refractivity contribution in [2.75, 3.05) is 13.7 Å². The lowest BCUT2D eigenvalue weighted by atomic mass is 9.76. The third-order valence-electron chi connectivity index (χ3n) is 4.47. The maximum atomic E-state index is 5.89. The first-order chi connectivity index (χ1) is 10.6. The number of hydrogen-bond acceptors (Lipinski definition) is 2. The summed E-state index contributed by atoms with van der Waals surface area (Å²) in [5, 5.41) is 0. The van der Waals surface area contributed by atoms with Crippen LogP contribution < -0.4 is 4.74 Å². The number of rotatable bonds is 2. The third-order valence-corrected chi connectivity index (χ3v) is 4.47. The van der Waals surface area contributed by atoms with E-state index in [1.807, 2.05) is 12.1 Å². The second-order valence-electron chi connectivity index (χ2n) is 6.22. The van der Waals surface area contributed by atoms with E-state index in [-0.39, 0.29) is 5.41 Å². The molecule has 0 saturated carbocycles. The van der Waals surface area contributed by atoms with E-state index in [0.29, 0.717) is 13.2 Å². The summed E-state index contributed by atoms with van der Waals surface area (Å²) in [5.41, 5.74) is 5.07. The van der Waals surface area contributed by atoms with Crippen LogP contribution in [0.25, 0.3) is 6.08 Å². The molecule has 0 N–H and O–H groups in total. The van der Waals surface area contributed by atoms with Gasteiger partial charge in [-0.1, -0.05) is 56.3 Å². The van der Waals surface area contributed by atoms with Gasteiger partial charge in [-0.05, 0) is 34.4 Å². The summed E-state index contributed by atoms with van der Waals surface area (Å²) in [7, 11) is 1.69. The van der Waals surface area contributed by atoms with Gasteiger partial charge in [0.25, 0.3) is 0 Å². The van der Waals surface area contributed by atoms with Gasteiger partial charge in [0.05, 0.1) is 20.3 Å². The number of benzene rings is 2. The zero-order valence-electron chi connectivity index (χ0n) is 13.4. The Morgan fingerprint density at radius 1 is 1.00 bits per heavy atom. The SMILES string of the molecule is COc1ccc(/C=C2/COCc3ccccc3C2(C)C)cc1. The van der Waals surface area contributed by atoms with Crippen LogP contribution in [0.5, 0.6) is 5.75 Å². The van der Waals surface area contributed by atoms with Gasteiger partial charge >= 0.3 is 0 Å². The molecule has 2 aromatic carbocycles. The second kappa shape index (κ2) is 5.98. The number of fused-ring (bicyclic) bond motifs is 1. The quantitative estimate of drug-likeness (QED) is 0.806. The minimum Gasteiger partial charge on any atom is -0.497 e. The summed E-state index contributed by atoms with van der Waals surface area (Å²) in [6.45, 7) is 5.89. The molecule has 0 atom stereocenters. The molecule has 2 nitrogen and oxygen atoms in total. The zero-order chi connectivity index (χ0) is 15.6. The van der Waals surface area contributed by atoms with Gasteiger partial charge < -0.3 is 9.47 Å². The van der Waals surface area contributed by atoms with Gasteiger partial charge in [0.1, 0.15) is 5.75 Å². The fourth-order valence-corrected chi connectivity index (χ4v) is 3.00. The van der Waals surface area contributed by atoms with Crippen LogP contribution in [0.2, 0.25) is 0 Å². The molecule has 114 valence electrons. The van der Waals surface area contributed by atoms with E-state index >= 15 is 0 Å². The van der Waals surface area contributed by atoms with Crippen molar-refractivity contribution in [2.45, 2.75) is 25.9 Å². The Labute approximate surface area is 132 Å². The molecule has 3 rings (SSSR count). The van der Waals surface area contributed by atoms with E-state index in [0.717, 1.165) is 5.75 Å². The van der Waals surface area contributed by atoms with E-state index in [1.54, 1.807) is 7.11 Å². The van der Waals surface area contributed by atoms with Gasteiger partial charge in [-0.15, -0.1) is 0 Å². The molecule has 2 aromatic rings. The van der Waals surface area contributed by atoms with E-state index in [1.165, 1.54) is 22.3 Å². The van der Waals surface area contributed by atoms with Gasteiger partial charge in [0.2, 0.25) is 0 Å². The molecule has 0 spiro atoms. The molecule has 0 fully saturated rings. The average molecular weight is 294 g/mol. The van der Waals surface area contributed by atoms with E-state index in [2.05, 4.69) is 56.3 Å². The van der Waals surface area contributed by atoms with Crippen LogP contribution in [0.1, 0.15) is 30.5 Å². The van der Waals surface area contributed by atoms with Crippen molar-refractivity contribution in [2.24, 2.45) is 0 Å². The summed E-state index contributed by atoms with van der Waals surface area (Å²) in [4.78, 5) is 0. The van der Waals surface area contributed by atoms with Crippen molar-refractivity contribution in [3.8, 4) is 5.75 Å². The molecular weight excluding hydrogens is 272 g/mol. The maximum absolute atomic E-state index is 5.89. The lowest BCUT2D eigenvalue weighted by Gasteiger charge is -2.28. The highest BCUT2D eigenvalue weighted by atomic mass is 16.5. The van der Waals surface area contributed by atoms with Crippen molar-refractivity contribution in [3.05, 3.63) is 70.8 Å². The largest absolute Gasteiger partial charge is 0.497 e. The van der Waals surface area contributed by atoms with Gasteiger partial charge in [-0.3, -0.25) is 0 Å². The molecule has 1 aliphatic heterocycles. The second-order valence-corrected chi connectivity index (χ2v) is 6.22. The Bertz CT molecular complexity index is 681. The fraction of sp³-hybridized carbons (Fsp3) is 0.300. The highest BCUT2D eigenvalue weighted by Gasteiger charge is 2.30. The van der Waals surface area contributed by atoms with Gasteiger partial charge in [0, 0.05) is 5.41 Å². The Hall–Kier alpha value is -2.06. The lowest BCUT2D eigenvalue weighted by molar-refractivity contribution is 0.143. The summed E-state index contributed by atoms with van der Waals surface area (Å²) in [6.07, 6.45) is 2.24. The van der Waals surface area contributed by atoms with Crippen molar-refractivity contribution in [3.63, 3.8) is 0 Å². The molecule has 0 radical (unpaired) electrons. The molecule has 0 unspecified atom stereocenters. The zero-order valence-corrected chi connectivity index (χ0v) is 13.4. The van der Waals surface area contributed by atoms with Crippen molar-refractivity contribution >= 4 is 6.08 Å². The standard InChI is InChI=1S/C20H22O2/c1-20(2)17(12-15-8-10-18(21-3)11-9-15)14-22-13-16-6-4-5-7-19(16)20/h4-12H,13-14H2,1-3H3/b17-12-. The van der Waals surface area contributed by atoms with Crippen LogP contribution in [0, 0.1) is 0 Å². The Morgan fingerprint density at radius 2 is 1.73 bits per heavy atom. The Kier molecular flexibility index (Phi) is 4.04. The number of hydrogen-bond donors (Lipinski definition) is 0. The van der Waals surface area contributed by atoms with Crippen LogP contribution in [-0.2, 0) is 16.8 Å². The molecule has 0 bridgehead atoms. The first-order valence-corrected chi connectivity index (χ1v) is 7.62. The Morgan fingerprint density at radius 3 is 2.45 bits per heavy atom. The van der Waals surface area contributed by atoms with Crippen LogP contribution >= 0.6 is 0 Å². The van der Waals surface area contributed by atoms with Crippen LogP contribution in [0.3, 0.4) is 0 Å². The molecule has 1 heterocycles. The first-order valence-electron chi connectivity index (χ1n) is 7.62. The van der Waals surface area contributed by atoms with Crippen LogP contribution in [0.4, 0.5) is 0 Å². The molecule has 0 aliphatic carbocycles. The average Bonchev–Trinajstić information content (AvgIpc) is 2.66. The monoisotopic (exact) mass is 294 g/mol. The minimum absolute atomic E-state index is 0.0347. The van der Waals surface area contributed by atoms with Crippen molar-refractivity contribution in [1.82, 2.24) is 0 Å². The highest BCUT2D eigenvalue weighted by Crippen LogP contribution is 2.37. The predicted molar refractivity (Wildman–Crippen MR) is 90.1 cm³/mol. The number of ether oxygens (including phenoxy) is 2. The van der Waals surface area contributed by atoms with Crippen LogP contribution in [0.15, 0.2) is 54.1 Å². The smallest absolute Gasteiger partial charge is 0.118 e. The molecule has 2 heteroatoms. The highest BCUT2D eigenvalue weighted by molar-refractivity contribution is 5.59. The van der Waals surface area contributed by atoms with Gasteiger partial charge in [0.15, 0.2) is 0 Å². The molecule has 0 amide bonds. The third kappa shape index (κ3) is 2.79. The van der Waals surface area contributed by atoms with Crippen LogP contribution in [-0.4, -0.2) is 13.7 Å². The Balaban J connectivity index is 2.00. The molecular formula is C20H22O2. The van der Waals surface area contributed by atoms with Gasteiger partial charge in [-0.2, -0.15) is 0 Å². The lowest BCUT2D eigenvalue weighted by Crippen LogP contribution is -2.22. The van der Waals surface area contributed by atoms with Gasteiger partial charge in [-0.25, -0.2) is 0 Å². The van der Waals surface area contributed by atoms with E-state index in [9.17, 15) is 0 Å². The topological polar surface area (TPSA) is 18.5 Å². The predicted octanol–water partition coefficient (Wildman–Crippen LogP) is 4.59. The fourth-order valence-electron chi connectivity index (χ4n) is 3.00. The molecule has 22 heavy (non-hydrogen) atoms. The normalized spacial score (nSPS) is 18.6. The summed E-state index contributed by atoms with van der Waals surface area (Å²) >= 11 is 0. The molecule has 1 aliphatic rings.